The van der Waals surface area contributed by atoms with E-state index in [2.05, 4.69) is 17.4 Å². The van der Waals surface area contributed by atoms with Crippen LogP contribution in [0.4, 0.5) is 5.69 Å². The molecule has 5 rings (SSSR count). The molecule has 0 fully saturated rings. The van der Waals surface area contributed by atoms with Crippen molar-refractivity contribution in [2.75, 3.05) is 18.0 Å². The molecule has 182 valence electrons. The lowest BCUT2D eigenvalue weighted by Crippen LogP contribution is -2.51. The second-order valence-electron chi connectivity index (χ2n) is 8.90. The van der Waals surface area contributed by atoms with Crippen molar-refractivity contribution in [2.24, 2.45) is 0 Å². The Bertz CT molecular complexity index is 1350. The summed E-state index contributed by atoms with van der Waals surface area (Å²) in [5, 5.41) is 3.01. The lowest BCUT2D eigenvalue weighted by atomic mass is 10.0. The number of aryl methyl sites for hydroxylation is 2. The van der Waals surface area contributed by atoms with Gasteiger partial charge in [0.1, 0.15) is 11.5 Å². The first-order valence-corrected chi connectivity index (χ1v) is 13.2. The third-order valence-corrected chi connectivity index (χ3v) is 8.45. The maximum Gasteiger partial charge on any atom is 0.264 e. The predicted octanol–water partition coefficient (Wildman–Crippen LogP) is 4.02. The standard InChI is InChI=1S/C27H28N2O5S/c1-18(20-11-10-19-6-5-7-21(19)16-20)28-27(30)26-17-29(24-8-3-4-9-25(24)34-26)35(31,32)23-14-12-22(33-2)13-15-23/h3-4,8-16,18,26H,5-7,17H2,1-2H3,(H,28,30)/t18-,26+/m1/s1. The third kappa shape index (κ3) is 4.46. The van der Waals surface area contributed by atoms with Crippen molar-refractivity contribution in [2.45, 2.75) is 43.2 Å². The van der Waals surface area contributed by atoms with Crippen LogP contribution in [0.25, 0.3) is 0 Å². The number of para-hydroxylation sites is 2. The Morgan fingerprint density at radius 1 is 1.06 bits per heavy atom. The van der Waals surface area contributed by atoms with Gasteiger partial charge in [0.2, 0.25) is 0 Å². The van der Waals surface area contributed by atoms with Crippen molar-refractivity contribution in [3.05, 3.63) is 83.4 Å². The highest BCUT2D eigenvalue weighted by atomic mass is 32.2. The molecular formula is C27H28N2O5S. The van der Waals surface area contributed by atoms with Gasteiger partial charge in [-0.05, 0) is 79.3 Å². The molecule has 2 aliphatic rings. The highest BCUT2D eigenvalue weighted by molar-refractivity contribution is 7.92. The minimum Gasteiger partial charge on any atom is -0.497 e. The van der Waals surface area contributed by atoms with Gasteiger partial charge in [-0.25, -0.2) is 8.42 Å². The minimum absolute atomic E-state index is 0.112. The number of rotatable bonds is 6. The van der Waals surface area contributed by atoms with Gasteiger partial charge in [0, 0.05) is 0 Å². The van der Waals surface area contributed by atoms with Crippen LogP contribution in [-0.2, 0) is 27.7 Å². The second-order valence-corrected chi connectivity index (χ2v) is 10.8. The van der Waals surface area contributed by atoms with E-state index < -0.39 is 16.1 Å². The first kappa shape index (κ1) is 23.2. The van der Waals surface area contributed by atoms with Crippen LogP contribution in [0.3, 0.4) is 0 Å². The summed E-state index contributed by atoms with van der Waals surface area (Å²) in [6.45, 7) is 1.80. The molecule has 3 aromatic rings. The number of hydrogen-bond acceptors (Lipinski definition) is 5. The normalized spacial score (nSPS) is 17.7. The van der Waals surface area contributed by atoms with Crippen molar-refractivity contribution in [1.82, 2.24) is 5.32 Å². The molecule has 1 amide bonds. The third-order valence-electron chi connectivity index (χ3n) is 6.66. The number of anilines is 1. The highest BCUT2D eigenvalue weighted by Gasteiger charge is 2.37. The Hall–Kier alpha value is -3.52. The van der Waals surface area contributed by atoms with Crippen LogP contribution in [0.2, 0.25) is 0 Å². The van der Waals surface area contributed by atoms with Crippen LogP contribution >= 0.6 is 0 Å². The van der Waals surface area contributed by atoms with Crippen LogP contribution in [0.1, 0.15) is 36.1 Å². The molecule has 0 unspecified atom stereocenters. The smallest absolute Gasteiger partial charge is 0.264 e. The molecule has 2 atom stereocenters. The summed E-state index contributed by atoms with van der Waals surface area (Å²) in [6, 6.07) is 19.2. The molecular weight excluding hydrogens is 464 g/mol. The van der Waals surface area contributed by atoms with Gasteiger partial charge in [0.15, 0.2) is 6.10 Å². The average Bonchev–Trinajstić information content (AvgIpc) is 3.36. The lowest BCUT2D eigenvalue weighted by Gasteiger charge is -2.35. The van der Waals surface area contributed by atoms with Crippen LogP contribution in [-0.4, -0.2) is 34.1 Å². The fourth-order valence-corrected chi connectivity index (χ4v) is 6.17. The van der Waals surface area contributed by atoms with E-state index >= 15 is 0 Å². The van der Waals surface area contributed by atoms with Crippen molar-refractivity contribution in [3.63, 3.8) is 0 Å². The van der Waals surface area contributed by atoms with Crippen molar-refractivity contribution in [1.29, 1.82) is 0 Å². The fraction of sp³-hybridized carbons (Fsp3) is 0.296. The van der Waals surface area contributed by atoms with Crippen LogP contribution in [0.5, 0.6) is 11.5 Å². The number of nitrogens with zero attached hydrogens (tertiary/aromatic N) is 1. The molecule has 1 N–H and O–H groups in total. The summed E-state index contributed by atoms with van der Waals surface area (Å²) in [7, 11) is -2.41. The monoisotopic (exact) mass is 492 g/mol. The van der Waals surface area contributed by atoms with E-state index in [-0.39, 0.29) is 23.4 Å². The quantitative estimate of drug-likeness (QED) is 0.562. The number of carbonyl (C=O) groups is 1. The minimum atomic E-state index is -3.94. The molecule has 1 heterocycles. The van der Waals surface area contributed by atoms with Crippen LogP contribution < -0.4 is 19.1 Å². The van der Waals surface area contributed by atoms with Gasteiger partial charge in [-0.1, -0.05) is 30.3 Å². The summed E-state index contributed by atoms with van der Waals surface area (Å²) in [5.41, 5.74) is 4.14. The van der Waals surface area contributed by atoms with E-state index in [1.165, 1.54) is 34.7 Å². The Balaban J connectivity index is 1.39. The first-order valence-electron chi connectivity index (χ1n) is 11.7. The number of nitrogens with one attached hydrogen (secondary N) is 1. The van der Waals surface area contributed by atoms with Gasteiger partial charge in [0.25, 0.3) is 15.9 Å². The van der Waals surface area contributed by atoms with Crippen LogP contribution in [0, 0.1) is 0 Å². The molecule has 0 saturated heterocycles. The number of amides is 1. The fourth-order valence-electron chi connectivity index (χ4n) is 4.69. The number of methoxy groups -OCH3 is 1. The second kappa shape index (κ2) is 9.26. The summed E-state index contributed by atoms with van der Waals surface area (Å²) < 4.78 is 39.5. The Morgan fingerprint density at radius 2 is 1.80 bits per heavy atom. The number of fused-ring (bicyclic) bond motifs is 2. The molecule has 3 aromatic carbocycles. The molecule has 0 aromatic heterocycles. The van der Waals surface area contributed by atoms with E-state index in [1.807, 2.05) is 13.0 Å². The summed E-state index contributed by atoms with van der Waals surface area (Å²) in [6.07, 6.45) is 2.33. The number of sulfonamides is 1. The van der Waals surface area contributed by atoms with E-state index in [0.717, 1.165) is 24.8 Å². The molecule has 7 nitrogen and oxygen atoms in total. The predicted molar refractivity (Wildman–Crippen MR) is 133 cm³/mol. The molecule has 1 aliphatic carbocycles. The molecule has 35 heavy (non-hydrogen) atoms. The van der Waals surface area contributed by atoms with Crippen molar-refractivity contribution in [3.8, 4) is 11.5 Å². The maximum atomic E-state index is 13.6. The summed E-state index contributed by atoms with van der Waals surface area (Å²) in [5.74, 6) is 0.549. The number of ether oxygens (including phenoxy) is 2. The van der Waals surface area contributed by atoms with Gasteiger partial charge in [-0.15, -0.1) is 0 Å². The Kier molecular flexibility index (Phi) is 6.15. The van der Waals surface area contributed by atoms with Gasteiger partial charge in [-0.3, -0.25) is 9.10 Å². The molecule has 0 saturated carbocycles. The van der Waals surface area contributed by atoms with Gasteiger partial charge < -0.3 is 14.8 Å². The molecule has 0 radical (unpaired) electrons. The van der Waals surface area contributed by atoms with E-state index in [0.29, 0.717) is 17.2 Å². The van der Waals surface area contributed by atoms with E-state index in [9.17, 15) is 13.2 Å². The Morgan fingerprint density at radius 3 is 2.57 bits per heavy atom. The average molecular weight is 493 g/mol. The lowest BCUT2D eigenvalue weighted by molar-refractivity contribution is -0.128. The first-order chi connectivity index (χ1) is 16.9. The van der Waals surface area contributed by atoms with Gasteiger partial charge in [-0.2, -0.15) is 0 Å². The van der Waals surface area contributed by atoms with E-state index in [1.54, 1.807) is 36.4 Å². The molecule has 0 spiro atoms. The topological polar surface area (TPSA) is 84.9 Å². The highest BCUT2D eigenvalue weighted by Crippen LogP contribution is 2.37. The Labute approximate surface area is 205 Å². The zero-order valence-corrected chi connectivity index (χ0v) is 20.5. The largest absolute Gasteiger partial charge is 0.497 e. The summed E-state index contributed by atoms with van der Waals surface area (Å²) in [4.78, 5) is 13.4. The SMILES string of the molecule is COc1ccc(S(=O)(=O)N2C[C@@H](C(=O)N[C@H](C)c3ccc4c(c3)CCC4)Oc3ccccc32)cc1. The number of carbonyl (C=O) groups excluding carboxylic acids is 1. The number of benzene rings is 3. The zero-order valence-electron chi connectivity index (χ0n) is 19.7. The maximum absolute atomic E-state index is 13.6. The number of hydrogen-bond donors (Lipinski definition) is 1. The van der Waals surface area contributed by atoms with Gasteiger partial charge in [0.05, 0.1) is 30.3 Å². The molecule has 1 aliphatic heterocycles. The zero-order chi connectivity index (χ0) is 24.6. The van der Waals surface area contributed by atoms with Crippen LogP contribution in [0.15, 0.2) is 71.6 Å². The van der Waals surface area contributed by atoms with Gasteiger partial charge >= 0.3 is 0 Å². The molecule has 0 bridgehead atoms. The van der Waals surface area contributed by atoms with E-state index in [4.69, 9.17) is 9.47 Å². The molecule has 8 heteroatoms. The van der Waals surface area contributed by atoms with Crippen molar-refractivity contribution < 1.29 is 22.7 Å². The summed E-state index contributed by atoms with van der Waals surface area (Å²) >= 11 is 0. The van der Waals surface area contributed by atoms with Crippen molar-refractivity contribution >= 4 is 21.6 Å².